The SMILES string of the molecule is O=C(Cc1ccccc1)NN=C(CNC(=O)c1ccccc1Br)c1ccccc1. The van der Waals surface area contributed by atoms with Crippen LogP contribution in [0.4, 0.5) is 0 Å². The van der Waals surface area contributed by atoms with Crippen molar-refractivity contribution in [1.29, 1.82) is 0 Å². The molecule has 0 radical (unpaired) electrons. The van der Waals surface area contributed by atoms with Gasteiger partial charge in [-0.2, -0.15) is 5.10 Å². The Bertz CT molecular complexity index is 1000. The van der Waals surface area contributed by atoms with Crippen LogP contribution in [0, 0.1) is 0 Å². The average molecular weight is 450 g/mol. The van der Waals surface area contributed by atoms with E-state index in [4.69, 9.17) is 0 Å². The van der Waals surface area contributed by atoms with Crippen molar-refractivity contribution in [2.75, 3.05) is 6.54 Å². The van der Waals surface area contributed by atoms with Crippen LogP contribution in [0.2, 0.25) is 0 Å². The highest BCUT2D eigenvalue weighted by molar-refractivity contribution is 9.10. The summed E-state index contributed by atoms with van der Waals surface area (Å²) in [6.07, 6.45) is 0.232. The Kier molecular flexibility index (Phi) is 7.30. The molecule has 0 spiro atoms. The molecule has 0 aliphatic rings. The minimum absolute atomic E-state index is 0.176. The lowest BCUT2D eigenvalue weighted by atomic mass is 10.1. The third-order valence-corrected chi connectivity index (χ3v) is 4.86. The van der Waals surface area contributed by atoms with E-state index < -0.39 is 0 Å². The van der Waals surface area contributed by atoms with Gasteiger partial charge in [0.15, 0.2) is 0 Å². The molecule has 0 heterocycles. The Morgan fingerprint density at radius 3 is 2.14 bits per heavy atom. The van der Waals surface area contributed by atoms with Gasteiger partial charge < -0.3 is 5.32 Å². The van der Waals surface area contributed by atoms with Crippen molar-refractivity contribution in [3.05, 3.63) is 106 Å². The summed E-state index contributed by atoms with van der Waals surface area (Å²) in [6, 6.07) is 26.1. The Morgan fingerprint density at radius 1 is 0.828 bits per heavy atom. The fourth-order valence-corrected chi connectivity index (χ4v) is 3.16. The minimum atomic E-state index is -0.225. The van der Waals surface area contributed by atoms with E-state index in [0.29, 0.717) is 15.7 Å². The van der Waals surface area contributed by atoms with E-state index in [-0.39, 0.29) is 24.8 Å². The van der Waals surface area contributed by atoms with Crippen LogP contribution >= 0.6 is 15.9 Å². The first-order chi connectivity index (χ1) is 14.1. The molecule has 29 heavy (non-hydrogen) atoms. The zero-order valence-electron chi connectivity index (χ0n) is 15.6. The molecule has 0 aliphatic heterocycles. The zero-order valence-corrected chi connectivity index (χ0v) is 17.2. The maximum Gasteiger partial charge on any atom is 0.252 e. The van der Waals surface area contributed by atoms with Gasteiger partial charge in [-0.1, -0.05) is 72.8 Å². The topological polar surface area (TPSA) is 70.6 Å². The van der Waals surface area contributed by atoms with Gasteiger partial charge in [0.1, 0.15) is 0 Å². The molecule has 3 aromatic rings. The van der Waals surface area contributed by atoms with Crippen molar-refractivity contribution >= 4 is 33.5 Å². The van der Waals surface area contributed by atoms with Gasteiger partial charge in [-0.15, -0.1) is 0 Å². The second-order valence-electron chi connectivity index (χ2n) is 6.28. The number of carbonyl (C=O) groups is 2. The van der Waals surface area contributed by atoms with Gasteiger partial charge in [-0.3, -0.25) is 9.59 Å². The van der Waals surface area contributed by atoms with Crippen LogP contribution in [-0.4, -0.2) is 24.1 Å². The summed E-state index contributed by atoms with van der Waals surface area (Å²) in [4.78, 5) is 24.7. The van der Waals surface area contributed by atoms with Gasteiger partial charge >= 0.3 is 0 Å². The Morgan fingerprint density at radius 2 is 1.45 bits per heavy atom. The number of hydrogen-bond acceptors (Lipinski definition) is 3. The van der Waals surface area contributed by atoms with E-state index in [1.54, 1.807) is 12.1 Å². The molecule has 0 saturated carbocycles. The predicted octanol–water partition coefficient (Wildman–Crippen LogP) is 3.94. The fraction of sp³-hybridized carbons (Fsp3) is 0.0870. The van der Waals surface area contributed by atoms with Gasteiger partial charge in [0.2, 0.25) is 5.91 Å². The number of hydrazone groups is 1. The molecule has 0 saturated heterocycles. The predicted molar refractivity (Wildman–Crippen MR) is 118 cm³/mol. The molecule has 3 aromatic carbocycles. The summed E-state index contributed by atoms with van der Waals surface area (Å²) in [5.74, 6) is -0.446. The van der Waals surface area contributed by atoms with Crippen LogP contribution < -0.4 is 10.7 Å². The summed E-state index contributed by atoms with van der Waals surface area (Å²) in [5.41, 5.74) is 5.42. The van der Waals surface area contributed by atoms with Gasteiger partial charge in [-0.05, 0) is 39.2 Å². The number of nitrogens with zero attached hydrogens (tertiary/aromatic N) is 1. The molecular weight excluding hydrogens is 430 g/mol. The quantitative estimate of drug-likeness (QED) is 0.423. The van der Waals surface area contributed by atoms with Gasteiger partial charge in [0.05, 0.1) is 24.2 Å². The summed E-state index contributed by atoms with van der Waals surface area (Å²) < 4.78 is 0.715. The third kappa shape index (κ3) is 6.12. The first kappa shape index (κ1) is 20.5. The second kappa shape index (κ2) is 10.3. The highest BCUT2D eigenvalue weighted by atomic mass is 79.9. The van der Waals surface area contributed by atoms with E-state index in [0.717, 1.165) is 11.1 Å². The molecular formula is C23H20BrN3O2. The molecule has 0 unspecified atom stereocenters. The van der Waals surface area contributed by atoms with Crippen molar-refractivity contribution in [1.82, 2.24) is 10.7 Å². The lowest BCUT2D eigenvalue weighted by molar-refractivity contribution is -0.120. The molecule has 0 aliphatic carbocycles. The number of rotatable bonds is 7. The van der Waals surface area contributed by atoms with E-state index in [2.05, 4.69) is 31.8 Å². The van der Waals surface area contributed by atoms with Gasteiger partial charge in [0.25, 0.3) is 5.91 Å². The van der Waals surface area contributed by atoms with Crippen LogP contribution in [0.25, 0.3) is 0 Å². The summed E-state index contributed by atoms with van der Waals surface area (Å²) in [6.45, 7) is 0.176. The Labute approximate surface area is 178 Å². The molecule has 0 bridgehead atoms. The maximum absolute atomic E-state index is 12.5. The molecule has 0 atom stereocenters. The number of benzene rings is 3. The number of hydrogen-bond donors (Lipinski definition) is 2. The molecule has 2 N–H and O–H groups in total. The van der Waals surface area contributed by atoms with Crippen LogP contribution in [0.5, 0.6) is 0 Å². The lowest BCUT2D eigenvalue weighted by Crippen LogP contribution is -2.32. The molecule has 5 nitrogen and oxygen atoms in total. The van der Waals surface area contributed by atoms with Gasteiger partial charge in [0, 0.05) is 4.47 Å². The van der Waals surface area contributed by atoms with Crippen molar-refractivity contribution in [3.63, 3.8) is 0 Å². The molecule has 3 rings (SSSR count). The molecule has 0 aromatic heterocycles. The number of carbonyl (C=O) groups excluding carboxylic acids is 2. The van der Waals surface area contributed by atoms with E-state index >= 15 is 0 Å². The first-order valence-corrected chi connectivity index (χ1v) is 9.90. The summed E-state index contributed by atoms with van der Waals surface area (Å²) in [7, 11) is 0. The standard InChI is InChI=1S/C23H20BrN3O2/c24-20-14-8-7-13-19(20)23(29)25-16-21(18-11-5-2-6-12-18)26-27-22(28)15-17-9-3-1-4-10-17/h1-14H,15-16H2,(H,25,29)(H,27,28). The molecule has 146 valence electrons. The first-order valence-electron chi connectivity index (χ1n) is 9.11. The van der Waals surface area contributed by atoms with Crippen molar-refractivity contribution in [2.45, 2.75) is 6.42 Å². The van der Waals surface area contributed by atoms with Gasteiger partial charge in [-0.25, -0.2) is 5.43 Å². The highest BCUT2D eigenvalue weighted by Gasteiger charge is 2.12. The molecule has 0 fully saturated rings. The number of amides is 2. The normalized spacial score (nSPS) is 11.0. The fourth-order valence-electron chi connectivity index (χ4n) is 2.69. The number of halogens is 1. The zero-order chi connectivity index (χ0) is 20.5. The minimum Gasteiger partial charge on any atom is -0.346 e. The maximum atomic E-state index is 12.5. The molecule has 2 amide bonds. The van der Waals surface area contributed by atoms with Crippen LogP contribution in [0.1, 0.15) is 21.5 Å². The van der Waals surface area contributed by atoms with Crippen molar-refractivity contribution in [3.8, 4) is 0 Å². The summed E-state index contributed by atoms with van der Waals surface area (Å²) in [5, 5.41) is 7.13. The second-order valence-corrected chi connectivity index (χ2v) is 7.14. The summed E-state index contributed by atoms with van der Waals surface area (Å²) >= 11 is 3.38. The van der Waals surface area contributed by atoms with E-state index in [9.17, 15) is 9.59 Å². The molecule has 6 heteroatoms. The van der Waals surface area contributed by atoms with Crippen molar-refractivity contribution < 1.29 is 9.59 Å². The smallest absolute Gasteiger partial charge is 0.252 e. The van der Waals surface area contributed by atoms with E-state index in [1.807, 2.05) is 72.8 Å². The largest absolute Gasteiger partial charge is 0.346 e. The Balaban J connectivity index is 1.69. The average Bonchev–Trinajstić information content (AvgIpc) is 2.75. The lowest BCUT2D eigenvalue weighted by Gasteiger charge is -2.10. The van der Waals surface area contributed by atoms with Crippen LogP contribution in [-0.2, 0) is 11.2 Å². The third-order valence-electron chi connectivity index (χ3n) is 4.16. The van der Waals surface area contributed by atoms with Crippen LogP contribution in [0.3, 0.4) is 0 Å². The monoisotopic (exact) mass is 449 g/mol. The number of nitrogens with one attached hydrogen (secondary N) is 2. The van der Waals surface area contributed by atoms with E-state index in [1.165, 1.54) is 0 Å². The Hall–Kier alpha value is -3.25. The van der Waals surface area contributed by atoms with Crippen LogP contribution in [0.15, 0.2) is 94.5 Å². The highest BCUT2D eigenvalue weighted by Crippen LogP contribution is 2.15. The van der Waals surface area contributed by atoms with Crippen molar-refractivity contribution in [2.24, 2.45) is 5.10 Å².